The molecule has 0 bridgehead atoms. The average Bonchev–Trinajstić information content (AvgIpc) is 2.92. The van der Waals surface area contributed by atoms with Crippen LogP contribution in [0.1, 0.15) is 36.0 Å². The Labute approximate surface area is 237 Å². The van der Waals surface area contributed by atoms with Gasteiger partial charge in [0, 0.05) is 31.1 Å². The van der Waals surface area contributed by atoms with Crippen molar-refractivity contribution in [2.24, 2.45) is 4.99 Å². The number of aromatic amines is 1. The van der Waals surface area contributed by atoms with Crippen LogP contribution in [0.25, 0.3) is 0 Å². The highest BCUT2D eigenvalue weighted by Crippen LogP contribution is 2.25. The summed E-state index contributed by atoms with van der Waals surface area (Å²) in [5.74, 6) is -5.19. The summed E-state index contributed by atoms with van der Waals surface area (Å²) < 4.78 is 0. The number of nitrogens with zero attached hydrogens (tertiary/aromatic N) is 3. The third-order valence-electron chi connectivity index (χ3n) is 6.13. The van der Waals surface area contributed by atoms with Crippen molar-refractivity contribution in [2.75, 3.05) is 36.1 Å². The number of carboxylic acid groups (broad SMARTS) is 3. The summed E-state index contributed by atoms with van der Waals surface area (Å²) in [6.45, 7) is 0.672. The van der Waals surface area contributed by atoms with E-state index in [0.29, 0.717) is 23.8 Å². The number of aliphatic imine (C=N–C) groups is 1. The number of nitrogens with two attached hydrogens (primary N) is 1. The highest BCUT2D eigenvalue weighted by atomic mass is 16.4. The van der Waals surface area contributed by atoms with Crippen molar-refractivity contribution < 1.29 is 39.3 Å². The van der Waals surface area contributed by atoms with Crippen molar-refractivity contribution in [2.45, 2.75) is 37.8 Å². The van der Waals surface area contributed by atoms with Crippen LogP contribution in [0.2, 0.25) is 0 Å². The van der Waals surface area contributed by atoms with Crippen molar-refractivity contribution in [3.05, 3.63) is 40.2 Å². The number of nitrogens with one attached hydrogen (secondary N) is 4. The van der Waals surface area contributed by atoms with E-state index < -0.39 is 60.2 Å². The van der Waals surface area contributed by atoms with Crippen molar-refractivity contribution in [3.63, 3.8) is 0 Å². The Hall–Kier alpha value is -5.48. The van der Waals surface area contributed by atoms with Crippen LogP contribution in [0.4, 0.5) is 23.1 Å². The molecular formula is C25H30N8O9. The first-order chi connectivity index (χ1) is 19.8. The zero-order valence-electron chi connectivity index (χ0n) is 22.4. The fourth-order valence-electron chi connectivity index (χ4n) is 3.99. The molecule has 2 amide bonds. The molecule has 17 heteroatoms. The number of carbonyl (C=O) groups excluding carboxylic acids is 2. The minimum absolute atomic E-state index is 0.00878. The third-order valence-corrected chi connectivity index (χ3v) is 6.13. The molecular weight excluding hydrogens is 556 g/mol. The maximum Gasteiger partial charge on any atom is 0.326 e. The molecule has 2 atom stereocenters. The van der Waals surface area contributed by atoms with E-state index in [1.165, 1.54) is 12.1 Å². The van der Waals surface area contributed by atoms with Crippen molar-refractivity contribution in [1.82, 2.24) is 20.6 Å². The summed E-state index contributed by atoms with van der Waals surface area (Å²) >= 11 is 0. The molecule has 1 aliphatic rings. The summed E-state index contributed by atoms with van der Waals surface area (Å²) in [4.78, 5) is 83.1. The third kappa shape index (κ3) is 8.51. The number of aliphatic carboxylic acids is 3. The number of hydrogen-bond donors (Lipinski definition) is 8. The van der Waals surface area contributed by atoms with Gasteiger partial charge in [0.2, 0.25) is 11.9 Å². The number of hydrogen-bond acceptors (Lipinski definition) is 11. The quantitative estimate of drug-likeness (QED) is 0.137. The molecule has 3 rings (SSSR count). The van der Waals surface area contributed by atoms with Crippen LogP contribution in [0.3, 0.4) is 0 Å². The summed E-state index contributed by atoms with van der Waals surface area (Å²) in [6.07, 6.45) is -1.57. The second kappa shape index (κ2) is 13.7. The van der Waals surface area contributed by atoms with E-state index in [2.05, 4.69) is 30.9 Å². The molecule has 0 aliphatic carbocycles. The second-order valence-electron chi connectivity index (χ2n) is 9.38. The van der Waals surface area contributed by atoms with Crippen LogP contribution in [0, 0.1) is 0 Å². The topological polar surface area (TPSA) is 269 Å². The van der Waals surface area contributed by atoms with Gasteiger partial charge in [-0.15, -0.1) is 0 Å². The zero-order chi connectivity index (χ0) is 31.0. The molecule has 9 N–H and O–H groups in total. The number of anilines is 3. The number of carbonyl (C=O) groups is 5. The number of aromatic nitrogens is 2. The van der Waals surface area contributed by atoms with Gasteiger partial charge in [0.05, 0.1) is 18.8 Å². The number of fused-ring (bicyclic) bond motifs is 1. The lowest BCUT2D eigenvalue weighted by atomic mass is 10.1. The lowest BCUT2D eigenvalue weighted by Crippen LogP contribution is -2.44. The van der Waals surface area contributed by atoms with Gasteiger partial charge in [-0.25, -0.2) is 14.6 Å². The summed E-state index contributed by atoms with van der Waals surface area (Å²) in [5.41, 5.74) is 6.70. The predicted octanol–water partition coefficient (Wildman–Crippen LogP) is -0.616. The molecule has 1 aromatic carbocycles. The Morgan fingerprint density at radius 1 is 1.00 bits per heavy atom. The fourth-order valence-corrected chi connectivity index (χ4v) is 3.99. The van der Waals surface area contributed by atoms with Gasteiger partial charge >= 0.3 is 17.9 Å². The predicted molar refractivity (Wildman–Crippen MR) is 149 cm³/mol. The first-order valence-corrected chi connectivity index (χ1v) is 12.6. The fraction of sp³-hybridized carbons (Fsp3) is 0.360. The molecule has 2 heterocycles. The largest absolute Gasteiger partial charge is 0.481 e. The highest BCUT2D eigenvalue weighted by molar-refractivity contribution is 5.98. The Bertz CT molecular complexity index is 1450. The minimum Gasteiger partial charge on any atom is -0.481 e. The van der Waals surface area contributed by atoms with E-state index in [4.69, 9.17) is 15.9 Å². The van der Waals surface area contributed by atoms with E-state index in [-0.39, 0.29) is 36.6 Å². The van der Waals surface area contributed by atoms with Gasteiger partial charge in [-0.2, -0.15) is 4.98 Å². The smallest absolute Gasteiger partial charge is 0.326 e. The maximum absolute atomic E-state index is 12.6. The number of amides is 2. The summed E-state index contributed by atoms with van der Waals surface area (Å²) in [6, 6.07) is 3.23. The van der Waals surface area contributed by atoms with E-state index >= 15 is 0 Å². The van der Waals surface area contributed by atoms with Crippen molar-refractivity contribution >= 4 is 58.6 Å². The highest BCUT2D eigenvalue weighted by Gasteiger charge is 2.25. The maximum atomic E-state index is 12.6. The van der Waals surface area contributed by atoms with Crippen LogP contribution < -0.4 is 32.1 Å². The van der Waals surface area contributed by atoms with E-state index in [1.807, 2.05) is 0 Å². The number of rotatable bonds is 14. The van der Waals surface area contributed by atoms with E-state index in [0.717, 1.165) is 0 Å². The molecule has 0 spiro atoms. The van der Waals surface area contributed by atoms with E-state index in [9.17, 15) is 33.9 Å². The van der Waals surface area contributed by atoms with Gasteiger partial charge in [-0.3, -0.25) is 24.2 Å². The van der Waals surface area contributed by atoms with Crippen LogP contribution in [-0.4, -0.2) is 92.9 Å². The number of carboxylic acids is 3. The first kappa shape index (κ1) is 31.1. The Morgan fingerprint density at radius 2 is 1.62 bits per heavy atom. The Morgan fingerprint density at radius 3 is 2.24 bits per heavy atom. The van der Waals surface area contributed by atoms with Gasteiger partial charge in [0.25, 0.3) is 11.5 Å². The van der Waals surface area contributed by atoms with Gasteiger partial charge in [0.1, 0.15) is 12.1 Å². The van der Waals surface area contributed by atoms with Crippen LogP contribution in [-0.2, 0) is 19.2 Å². The monoisotopic (exact) mass is 586 g/mol. The van der Waals surface area contributed by atoms with Gasteiger partial charge < -0.3 is 41.9 Å². The molecule has 0 fully saturated rings. The van der Waals surface area contributed by atoms with Crippen LogP contribution >= 0.6 is 0 Å². The second-order valence-corrected chi connectivity index (χ2v) is 9.38. The summed E-state index contributed by atoms with van der Waals surface area (Å²) in [7, 11) is 1.75. The molecule has 42 heavy (non-hydrogen) atoms. The SMILES string of the molecule is CN1CC(CNc2ccc(C(=O)N[C@@H](CCC(=O)N[C@@H](CCC(=O)O)C(=O)O)C(=O)O)cc2)=Nc2c1nc(N)[nH]c2=O. The van der Waals surface area contributed by atoms with Gasteiger partial charge in [-0.05, 0) is 37.1 Å². The standard InChI is InChI=1S/C25H30N8O9/c1-33-11-14(28-19-20(33)31-25(26)32-22(19)38)10-27-13-4-2-12(3-5-13)21(37)30-16(24(41)42)6-8-17(34)29-15(23(39)40)7-9-18(35)36/h2-5,15-16,27H,6-11H2,1H3,(H,29,34)(H,30,37)(H,35,36)(H,39,40)(H,41,42)(H3,26,31,32,38)/t15-,16-/m0/s1. The minimum atomic E-state index is -1.44. The molecule has 2 aromatic rings. The van der Waals surface area contributed by atoms with Gasteiger partial charge in [-0.1, -0.05) is 0 Å². The Balaban J connectivity index is 1.54. The molecule has 1 aliphatic heterocycles. The molecule has 0 saturated heterocycles. The molecule has 0 unspecified atom stereocenters. The Kier molecular flexibility index (Phi) is 10.2. The summed E-state index contributed by atoms with van der Waals surface area (Å²) in [5, 5.41) is 34.9. The van der Waals surface area contributed by atoms with Crippen LogP contribution in [0.5, 0.6) is 0 Å². The molecule has 224 valence electrons. The lowest BCUT2D eigenvalue weighted by molar-refractivity contribution is -0.143. The molecule has 17 nitrogen and oxygen atoms in total. The molecule has 0 saturated carbocycles. The van der Waals surface area contributed by atoms with Crippen molar-refractivity contribution in [1.29, 1.82) is 0 Å². The first-order valence-electron chi connectivity index (χ1n) is 12.6. The molecule has 1 aromatic heterocycles. The van der Waals surface area contributed by atoms with Crippen LogP contribution in [0.15, 0.2) is 34.1 Å². The normalized spacial score (nSPS) is 13.6. The van der Waals surface area contributed by atoms with E-state index in [1.54, 1.807) is 24.1 Å². The average molecular weight is 587 g/mol. The zero-order valence-corrected chi connectivity index (χ0v) is 22.4. The number of nitrogen functional groups attached to an aromatic ring is 1. The van der Waals surface area contributed by atoms with Gasteiger partial charge in [0.15, 0.2) is 11.5 Å². The molecule has 0 radical (unpaired) electrons. The van der Waals surface area contributed by atoms with Crippen molar-refractivity contribution in [3.8, 4) is 0 Å². The number of benzene rings is 1. The number of H-pyrrole nitrogens is 1. The lowest BCUT2D eigenvalue weighted by Gasteiger charge is -2.25.